The van der Waals surface area contributed by atoms with Crippen LogP contribution in [0.1, 0.15) is 355 Å². The van der Waals surface area contributed by atoms with Gasteiger partial charge in [0, 0.05) is 128 Å². The van der Waals surface area contributed by atoms with Crippen molar-refractivity contribution in [2.45, 2.75) is 355 Å². The van der Waals surface area contributed by atoms with Crippen molar-refractivity contribution in [2.24, 2.45) is 5.41 Å². The van der Waals surface area contributed by atoms with Crippen LogP contribution in [0.3, 0.4) is 0 Å². The van der Waals surface area contributed by atoms with Crippen LogP contribution in [-0.4, -0.2) is 90.3 Å². The molecule has 0 N–H and O–H groups in total. The first-order valence-corrected chi connectivity index (χ1v) is 34.4. The zero-order valence-electron chi connectivity index (χ0n) is 54.8. The van der Waals surface area contributed by atoms with E-state index in [1.165, 1.54) is 7.11 Å². The highest BCUT2D eigenvalue weighted by Crippen LogP contribution is 2.22. The second-order valence-corrected chi connectivity index (χ2v) is 25.0. The molecule has 0 rings (SSSR count). The van der Waals surface area contributed by atoms with Gasteiger partial charge in [-0.3, -0.25) is 57.5 Å². The second-order valence-electron chi connectivity index (χ2n) is 25.0. The van der Waals surface area contributed by atoms with Gasteiger partial charge in [-0.25, -0.2) is 0 Å². The normalized spacial score (nSPS) is 11.3. The number of ether oxygens (including phenoxy) is 3. The summed E-state index contributed by atoms with van der Waals surface area (Å²) in [4.78, 5) is 146. The smallest absolute Gasteiger partial charge is 0.311 e. The molecule has 15 nitrogen and oxygen atoms in total. The van der Waals surface area contributed by atoms with Gasteiger partial charge < -0.3 is 14.2 Å². The van der Waals surface area contributed by atoms with E-state index in [1.54, 1.807) is 0 Å². The Balaban J connectivity index is 3.59. The molecule has 0 spiro atoms. The molecule has 0 heterocycles. The van der Waals surface area contributed by atoms with Gasteiger partial charge >= 0.3 is 17.9 Å². The van der Waals surface area contributed by atoms with Crippen LogP contribution in [0.4, 0.5) is 0 Å². The van der Waals surface area contributed by atoms with E-state index >= 15 is 0 Å². The van der Waals surface area contributed by atoms with Crippen LogP contribution in [0, 0.1) is 5.41 Å². The zero-order chi connectivity index (χ0) is 63.7. The molecule has 0 aliphatic rings. The fourth-order valence-corrected chi connectivity index (χ4v) is 10.1. The van der Waals surface area contributed by atoms with Crippen LogP contribution >= 0.6 is 0 Å². The quantitative estimate of drug-likeness (QED) is 0.0313. The number of hydrogen-bond donors (Lipinski definition) is 0. The van der Waals surface area contributed by atoms with E-state index in [0.29, 0.717) is 148 Å². The standard InChI is InChI=1S/C71H120O15/c1-5-71(2,3)70(83)86-58-36-56-69(82)85-57-35-15-33-54-67(80)52-31-13-29-50-65(78)48-27-11-25-46-63(76)44-23-9-21-42-61(74)40-19-7-17-38-59(72)37-16-6-18-39-60(73)41-20-8-22-43-62(75)45-24-10-26-47-64(77)49-28-12-30-51-66(79)53-32-14-34-55-68(81)84-4/h5-58H2,1-4H3. The molecule has 0 bridgehead atoms. The van der Waals surface area contributed by atoms with Crippen molar-refractivity contribution in [3.05, 3.63) is 0 Å². The molecule has 0 aliphatic carbocycles. The number of Topliss-reactive ketones (excluding diaryl/α,β-unsaturated/α-hetero) is 9. The monoisotopic (exact) mass is 1210 g/mol. The van der Waals surface area contributed by atoms with Crippen LogP contribution in [0.2, 0.25) is 0 Å². The van der Waals surface area contributed by atoms with E-state index in [2.05, 4.69) is 4.74 Å². The first-order chi connectivity index (χ1) is 41.4. The lowest BCUT2D eigenvalue weighted by molar-refractivity contribution is -0.155. The first-order valence-electron chi connectivity index (χ1n) is 34.4. The number of hydrogen-bond acceptors (Lipinski definition) is 15. The summed E-state index contributed by atoms with van der Waals surface area (Å²) >= 11 is 0. The van der Waals surface area contributed by atoms with Gasteiger partial charge in [0.25, 0.3) is 0 Å². The Morgan fingerprint density at radius 1 is 0.233 bits per heavy atom. The summed E-state index contributed by atoms with van der Waals surface area (Å²) in [6.45, 7) is 6.12. The molecule has 0 atom stereocenters. The number of ketones is 9. The van der Waals surface area contributed by atoms with E-state index in [-0.39, 0.29) is 83.0 Å². The molecule has 86 heavy (non-hydrogen) atoms. The highest BCUT2D eigenvalue weighted by molar-refractivity contribution is 5.82. The molecule has 0 amide bonds. The van der Waals surface area contributed by atoms with E-state index < -0.39 is 5.41 Å². The maximum Gasteiger partial charge on any atom is 0.311 e. The number of methoxy groups -OCH3 is 1. The van der Waals surface area contributed by atoms with Crippen molar-refractivity contribution < 1.29 is 71.7 Å². The Morgan fingerprint density at radius 2 is 0.419 bits per heavy atom. The third-order valence-corrected chi connectivity index (χ3v) is 16.4. The first kappa shape index (κ1) is 81.4. The van der Waals surface area contributed by atoms with E-state index in [4.69, 9.17) is 9.47 Å². The summed E-state index contributed by atoms with van der Waals surface area (Å²) in [6, 6.07) is 0. The number of carbonyl (C=O) groups excluding carboxylic acids is 12. The van der Waals surface area contributed by atoms with Crippen molar-refractivity contribution in [3.8, 4) is 0 Å². The zero-order valence-corrected chi connectivity index (χ0v) is 54.8. The van der Waals surface area contributed by atoms with Crippen molar-refractivity contribution in [3.63, 3.8) is 0 Å². The van der Waals surface area contributed by atoms with Gasteiger partial charge in [0.05, 0.1) is 25.7 Å². The lowest BCUT2D eigenvalue weighted by atomic mass is 9.91. The summed E-state index contributed by atoms with van der Waals surface area (Å²) < 4.78 is 15.1. The highest BCUT2D eigenvalue weighted by Gasteiger charge is 2.27. The van der Waals surface area contributed by atoms with Gasteiger partial charge in [0.15, 0.2) is 0 Å². The maximum absolute atomic E-state index is 12.4. The largest absolute Gasteiger partial charge is 0.469 e. The number of unbranched alkanes of at least 4 members (excludes halogenated alkanes) is 20. The van der Waals surface area contributed by atoms with Crippen LogP contribution in [0.5, 0.6) is 0 Å². The van der Waals surface area contributed by atoms with Gasteiger partial charge in [-0.05, 0) is 162 Å². The number of carbonyl (C=O) groups is 12. The summed E-state index contributed by atoms with van der Waals surface area (Å²) in [6.07, 6.45) is 35.6. The Morgan fingerprint density at radius 3 is 0.628 bits per heavy atom. The second kappa shape index (κ2) is 56.9. The fraction of sp³-hybridized carbons (Fsp3) is 0.831. The molecular weight excluding hydrogens is 1090 g/mol. The van der Waals surface area contributed by atoms with Crippen molar-refractivity contribution in [2.75, 3.05) is 20.3 Å². The van der Waals surface area contributed by atoms with Gasteiger partial charge in [-0.15, -0.1) is 0 Å². The molecular formula is C71H120O15. The summed E-state index contributed by atoms with van der Waals surface area (Å²) in [5, 5.41) is 0. The van der Waals surface area contributed by atoms with Crippen molar-refractivity contribution in [1.29, 1.82) is 0 Å². The molecule has 0 unspecified atom stereocenters. The minimum absolute atomic E-state index is 0.200. The Labute approximate surface area is 520 Å². The third kappa shape index (κ3) is 54.8. The van der Waals surface area contributed by atoms with Crippen LogP contribution < -0.4 is 0 Å². The van der Waals surface area contributed by atoms with Crippen LogP contribution in [0.25, 0.3) is 0 Å². The predicted octanol–water partition coefficient (Wildman–Crippen LogP) is 16.7. The predicted molar refractivity (Wildman–Crippen MR) is 339 cm³/mol. The molecule has 0 aliphatic heterocycles. The van der Waals surface area contributed by atoms with Crippen molar-refractivity contribution >= 4 is 70.0 Å². The topological polar surface area (TPSA) is 233 Å². The van der Waals surface area contributed by atoms with Gasteiger partial charge in [0.2, 0.25) is 0 Å². The number of rotatable bonds is 66. The molecule has 15 heteroatoms. The highest BCUT2D eigenvalue weighted by atomic mass is 16.5. The minimum Gasteiger partial charge on any atom is -0.469 e. The molecule has 0 aromatic rings. The van der Waals surface area contributed by atoms with Crippen LogP contribution in [-0.2, 0) is 71.7 Å². The lowest BCUT2D eigenvalue weighted by Crippen LogP contribution is -2.26. The maximum atomic E-state index is 12.4. The molecule has 0 aromatic carbocycles. The Hall–Kier alpha value is -4.56. The average Bonchev–Trinajstić information content (AvgIpc) is 3.64. The number of esters is 3. The molecule has 0 saturated heterocycles. The van der Waals surface area contributed by atoms with Gasteiger partial charge in [0.1, 0.15) is 52.0 Å². The molecule has 0 radical (unpaired) electrons. The summed E-state index contributed by atoms with van der Waals surface area (Å²) in [7, 11) is 1.38. The van der Waals surface area contributed by atoms with E-state index in [9.17, 15) is 57.5 Å². The Kier molecular flexibility index (Phi) is 53.9. The molecule has 0 aromatic heterocycles. The average molecular weight is 1210 g/mol. The third-order valence-electron chi connectivity index (χ3n) is 16.4. The summed E-state index contributed by atoms with van der Waals surface area (Å²) in [5.74, 6) is 1.42. The fourth-order valence-electron chi connectivity index (χ4n) is 10.1. The minimum atomic E-state index is -0.523. The van der Waals surface area contributed by atoms with Gasteiger partial charge in [-0.1, -0.05) is 64.7 Å². The lowest BCUT2D eigenvalue weighted by Gasteiger charge is -2.20. The molecule has 0 fully saturated rings. The van der Waals surface area contributed by atoms with E-state index in [1.807, 2.05) is 20.8 Å². The summed E-state index contributed by atoms with van der Waals surface area (Å²) in [5.41, 5.74) is -0.523. The Bertz CT molecular complexity index is 1920. The van der Waals surface area contributed by atoms with E-state index in [0.717, 1.165) is 186 Å². The molecule has 494 valence electrons. The van der Waals surface area contributed by atoms with Crippen LogP contribution in [0.15, 0.2) is 0 Å². The van der Waals surface area contributed by atoms with Crippen molar-refractivity contribution in [1.82, 2.24) is 0 Å². The molecule has 0 saturated carbocycles. The SMILES string of the molecule is CCC(C)(C)C(=O)OCCCC(=O)OCCCCCC(=O)CCCCCC(=O)CCCCCC(=O)CCCCCC(=O)CCCCCC(=O)CCCCCC(=O)CCCCCC(=O)CCCCCC(=O)CCCCCC(=O)CCCCCC(=O)OC. The van der Waals surface area contributed by atoms with Gasteiger partial charge in [-0.2, -0.15) is 0 Å².